The van der Waals surface area contributed by atoms with Crippen LogP contribution in [0.15, 0.2) is 24.3 Å². The average molecular weight is 260 g/mol. The molecule has 0 unspecified atom stereocenters. The molecular weight excluding hydrogens is 232 g/mol. The maximum absolute atomic E-state index is 6.13. The summed E-state index contributed by atoms with van der Waals surface area (Å²) in [4.78, 5) is 2.49. The highest BCUT2D eigenvalue weighted by atomic mass is 15.2. The van der Waals surface area contributed by atoms with Crippen molar-refractivity contribution >= 4 is 0 Å². The van der Waals surface area contributed by atoms with E-state index in [-0.39, 0.29) is 5.54 Å². The number of hydrogen-bond acceptors (Lipinski definition) is 2. The van der Waals surface area contributed by atoms with E-state index in [0.717, 1.165) is 19.0 Å². The minimum atomic E-state index is 0.219. The second-order valence-corrected chi connectivity index (χ2v) is 6.46. The summed E-state index contributed by atoms with van der Waals surface area (Å²) >= 11 is 0. The van der Waals surface area contributed by atoms with Crippen LogP contribution in [0.25, 0.3) is 0 Å². The molecular formula is C17H28N2. The number of benzene rings is 1. The summed E-state index contributed by atoms with van der Waals surface area (Å²) in [5.41, 5.74) is 9.08. The zero-order chi connectivity index (χ0) is 13.9. The number of aryl methyl sites for hydroxylation is 1. The van der Waals surface area contributed by atoms with Gasteiger partial charge in [-0.25, -0.2) is 0 Å². The molecule has 1 aliphatic rings. The van der Waals surface area contributed by atoms with Crippen molar-refractivity contribution in [3.63, 3.8) is 0 Å². The molecule has 0 amide bonds. The molecule has 2 rings (SSSR count). The van der Waals surface area contributed by atoms with Gasteiger partial charge in [0.15, 0.2) is 0 Å². The summed E-state index contributed by atoms with van der Waals surface area (Å²) < 4.78 is 0. The zero-order valence-electron chi connectivity index (χ0n) is 12.7. The molecule has 0 aromatic heterocycles. The van der Waals surface area contributed by atoms with E-state index in [2.05, 4.69) is 50.1 Å². The van der Waals surface area contributed by atoms with Crippen LogP contribution >= 0.6 is 0 Å². The molecule has 0 heterocycles. The fraction of sp³-hybridized carbons (Fsp3) is 0.647. The van der Waals surface area contributed by atoms with Gasteiger partial charge in [-0.05, 0) is 51.1 Å². The van der Waals surface area contributed by atoms with Crippen LogP contribution in [-0.2, 0) is 6.54 Å². The van der Waals surface area contributed by atoms with Gasteiger partial charge in [-0.2, -0.15) is 0 Å². The predicted octanol–water partition coefficient (Wildman–Crippen LogP) is 3.33. The van der Waals surface area contributed by atoms with Crippen molar-refractivity contribution in [3.8, 4) is 0 Å². The Hall–Kier alpha value is -0.860. The standard InChI is InChI=1S/C17H28N2/c1-14-7-9-17(13-18,10-8-14)19(3)12-16-6-4-5-15(2)11-16/h4-6,11,14H,7-10,12-13,18H2,1-3H3. The second-order valence-electron chi connectivity index (χ2n) is 6.46. The third kappa shape index (κ3) is 3.37. The Kier molecular flexibility index (Phi) is 4.64. The molecule has 1 aliphatic carbocycles. The van der Waals surface area contributed by atoms with Gasteiger partial charge in [-0.15, -0.1) is 0 Å². The van der Waals surface area contributed by atoms with Crippen LogP contribution in [-0.4, -0.2) is 24.0 Å². The van der Waals surface area contributed by atoms with E-state index in [9.17, 15) is 0 Å². The molecule has 2 heteroatoms. The van der Waals surface area contributed by atoms with E-state index in [1.54, 1.807) is 0 Å². The molecule has 0 saturated heterocycles. The Labute approximate surface area is 118 Å². The number of likely N-dealkylation sites (N-methyl/N-ethyl adjacent to an activating group) is 1. The van der Waals surface area contributed by atoms with Gasteiger partial charge < -0.3 is 5.73 Å². The molecule has 0 aliphatic heterocycles. The second kappa shape index (κ2) is 6.06. The number of nitrogens with two attached hydrogens (primary N) is 1. The van der Waals surface area contributed by atoms with Crippen molar-refractivity contribution in [1.29, 1.82) is 0 Å². The Morgan fingerprint density at radius 1 is 1.32 bits per heavy atom. The summed E-state index contributed by atoms with van der Waals surface area (Å²) in [5.74, 6) is 0.868. The highest BCUT2D eigenvalue weighted by Gasteiger charge is 2.36. The smallest absolute Gasteiger partial charge is 0.0332 e. The molecule has 0 atom stereocenters. The number of rotatable bonds is 4. The Bertz CT molecular complexity index is 405. The molecule has 0 radical (unpaired) electrons. The lowest BCUT2D eigenvalue weighted by atomic mass is 9.76. The number of hydrogen-bond donors (Lipinski definition) is 1. The molecule has 19 heavy (non-hydrogen) atoms. The molecule has 1 aromatic carbocycles. The van der Waals surface area contributed by atoms with Crippen molar-refractivity contribution < 1.29 is 0 Å². The van der Waals surface area contributed by atoms with E-state index >= 15 is 0 Å². The molecule has 2 nitrogen and oxygen atoms in total. The fourth-order valence-corrected chi connectivity index (χ4v) is 3.29. The maximum atomic E-state index is 6.13. The van der Waals surface area contributed by atoms with Crippen molar-refractivity contribution in [2.24, 2.45) is 11.7 Å². The van der Waals surface area contributed by atoms with Gasteiger partial charge >= 0.3 is 0 Å². The first-order valence-corrected chi connectivity index (χ1v) is 7.52. The van der Waals surface area contributed by atoms with E-state index in [0.29, 0.717) is 0 Å². The van der Waals surface area contributed by atoms with Gasteiger partial charge in [0.25, 0.3) is 0 Å². The molecule has 2 N–H and O–H groups in total. The summed E-state index contributed by atoms with van der Waals surface area (Å²) in [6.07, 6.45) is 5.12. The van der Waals surface area contributed by atoms with Crippen molar-refractivity contribution in [3.05, 3.63) is 35.4 Å². The molecule has 1 aromatic rings. The van der Waals surface area contributed by atoms with E-state index < -0.39 is 0 Å². The van der Waals surface area contributed by atoms with Crippen molar-refractivity contribution in [2.75, 3.05) is 13.6 Å². The molecule has 1 saturated carbocycles. The van der Waals surface area contributed by atoms with Crippen molar-refractivity contribution in [2.45, 2.75) is 51.6 Å². The van der Waals surface area contributed by atoms with Crippen LogP contribution < -0.4 is 5.73 Å². The SMILES string of the molecule is Cc1cccc(CN(C)C2(CN)CCC(C)CC2)c1. The van der Waals surface area contributed by atoms with Gasteiger partial charge in [0.2, 0.25) is 0 Å². The van der Waals surface area contributed by atoms with Gasteiger partial charge in [0.1, 0.15) is 0 Å². The predicted molar refractivity (Wildman–Crippen MR) is 82.1 cm³/mol. The normalized spacial score (nSPS) is 27.7. The monoisotopic (exact) mass is 260 g/mol. The summed E-state index contributed by atoms with van der Waals surface area (Å²) in [5, 5.41) is 0. The summed E-state index contributed by atoms with van der Waals surface area (Å²) in [6.45, 7) is 6.31. The Morgan fingerprint density at radius 3 is 2.58 bits per heavy atom. The fourth-order valence-electron chi connectivity index (χ4n) is 3.29. The minimum absolute atomic E-state index is 0.219. The zero-order valence-corrected chi connectivity index (χ0v) is 12.7. The Morgan fingerprint density at radius 2 is 2.00 bits per heavy atom. The number of nitrogens with zero attached hydrogens (tertiary/aromatic N) is 1. The van der Waals surface area contributed by atoms with Crippen LogP contribution in [0.3, 0.4) is 0 Å². The first-order valence-electron chi connectivity index (χ1n) is 7.52. The largest absolute Gasteiger partial charge is 0.329 e. The van der Waals surface area contributed by atoms with Gasteiger partial charge in [0.05, 0.1) is 0 Å². The molecule has 0 bridgehead atoms. The quantitative estimate of drug-likeness (QED) is 0.899. The summed E-state index contributed by atoms with van der Waals surface area (Å²) in [7, 11) is 2.24. The average Bonchev–Trinajstić information content (AvgIpc) is 2.40. The third-order valence-corrected chi connectivity index (χ3v) is 4.90. The third-order valence-electron chi connectivity index (χ3n) is 4.90. The lowest BCUT2D eigenvalue weighted by molar-refractivity contribution is 0.0616. The van der Waals surface area contributed by atoms with Gasteiger partial charge in [-0.1, -0.05) is 36.8 Å². The molecule has 1 fully saturated rings. The van der Waals surface area contributed by atoms with E-state index in [1.165, 1.54) is 36.8 Å². The van der Waals surface area contributed by atoms with Crippen LogP contribution in [0.2, 0.25) is 0 Å². The van der Waals surface area contributed by atoms with Crippen molar-refractivity contribution in [1.82, 2.24) is 4.90 Å². The summed E-state index contributed by atoms with van der Waals surface area (Å²) in [6, 6.07) is 8.81. The minimum Gasteiger partial charge on any atom is -0.329 e. The van der Waals surface area contributed by atoms with Crippen LogP contribution in [0, 0.1) is 12.8 Å². The highest BCUT2D eigenvalue weighted by molar-refractivity contribution is 5.22. The lowest BCUT2D eigenvalue weighted by Gasteiger charge is -2.45. The van der Waals surface area contributed by atoms with Gasteiger partial charge in [-0.3, -0.25) is 4.90 Å². The van der Waals surface area contributed by atoms with E-state index in [1.807, 2.05) is 0 Å². The molecule has 0 spiro atoms. The lowest BCUT2D eigenvalue weighted by Crippen LogP contribution is -2.53. The van der Waals surface area contributed by atoms with E-state index in [4.69, 9.17) is 5.73 Å². The highest BCUT2D eigenvalue weighted by Crippen LogP contribution is 2.35. The van der Waals surface area contributed by atoms with Crippen LogP contribution in [0.1, 0.15) is 43.7 Å². The van der Waals surface area contributed by atoms with Crippen LogP contribution in [0.4, 0.5) is 0 Å². The maximum Gasteiger partial charge on any atom is 0.0332 e. The van der Waals surface area contributed by atoms with Crippen LogP contribution in [0.5, 0.6) is 0 Å². The molecule has 106 valence electrons. The topological polar surface area (TPSA) is 29.3 Å². The Balaban J connectivity index is 2.06. The van der Waals surface area contributed by atoms with Gasteiger partial charge in [0, 0.05) is 18.6 Å². The first-order chi connectivity index (χ1) is 9.05. The first kappa shape index (κ1) is 14.5.